The zero-order valence-corrected chi connectivity index (χ0v) is 10.4. The number of nitrogens with zero attached hydrogens (tertiary/aromatic N) is 1. The molecule has 0 saturated heterocycles. The van der Waals surface area contributed by atoms with Crippen molar-refractivity contribution in [3.63, 3.8) is 0 Å². The molecule has 0 atom stereocenters. The van der Waals surface area contributed by atoms with Crippen molar-refractivity contribution in [1.82, 2.24) is 0 Å². The van der Waals surface area contributed by atoms with E-state index in [1.54, 1.807) is 19.1 Å². The fourth-order valence-electron chi connectivity index (χ4n) is 0.993. The molecule has 1 rings (SSSR count). The van der Waals surface area contributed by atoms with Crippen LogP contribution in [0.25, 0.3) is 0 Å². The minimum atomic E-state index is -1.11. The second kappa shape index (κ2) is 8.45. The van der Waals surface area contributed by atoms with Crippen molar-refractivity contribution in [3.8, 4) is 5.75 Å². The van der Waals surface area contributed by atoms with Crippen LogP contribution in [-0.2, 0) is 9.63 Å². The van der Waals surface area contributed by atoms with Gasteiger partial charge in [-0.15, -0.1) is 10.1 Å². The van der Waals surface area contributed by atoms with Gasteiger partial charge in [0.1, 0.15) is 11.3 Å². The molecule has 0 aliphatic rings. The standard InChI is InChI=1S/C9H8O4.C2H5NO3/c1-6(10)13-8-5-3-2-4-7(8)9(11)12;1-2-6-3(4)5/h2-5H,1H3,(H,11,12);2H2,1H3. The third kappa shape index (κ3) is 7.31. The molecule has 19 heavy (non-hydrogen) atoms. The third-order valence-corrected chi connectivity index (χ3v) is 1.61. The summed E-state index contributed by atoms with van der Waals surface area (Å²) in [5.74, 6) is -1.58. The number of carbonyl (C=O) groups excluding carboxylic acids is 1. The van der Waals surface area contributed by atoms with Gasteiger partial charge in [0, 0.05) is 6.92 Å². The molecule has 0 amide bonds. The molecule has 0 spiro atoms. The fraction of sp³-hybridized carbons (Fsp3) is 0.273. The molecule has 8 heteroatoms. The van der Waals surface area contributed by atoms with Crippen LogP contribution in [0.3, 0.4) is 0 Å². The van der Waals surface area contributed by atoms with Gasteiger partial charge < -0.3 is 14.7 Å². The lowest BCUT2D eigenvalue weighted by Gasteiger charge is -2.03. The van der Waals surface area contributed by atoms with Gasteiger partial charge in [0.15, 0.2) is 0 Å². The second-order valence-electron chi connectivity index (χ2n) is 3.04. The van der Waals surface area contributed by atoms with Crippen LogP contribution in [-0.4, -0.2) is 28.7 Å². The number of benzene rings is 1. The minimum absolute atomic E-state index is 0.0160. The number of hydrogen-bond donors (Lipinski definition) is 1. The highest BCUT2D eigenvalue weighted by molar-refractivity contribution is 5.91. The van der Waals surface area contributed by atoms with E-state index in [1.165, 1.54) is 19.1 Å². The summed E-state index contributed by atoms with van der Waals surface area (Å²) in [6, 6.07) is 5.98. The van der Waals surface area contributed by atoms with Crippen LogP contribution in [0, 0.1) is 10.1 Å². The van der Waals surface area contributed by atoms with Gasteiger partial charge in [0.05, 0.1) is 6.61 Å². The first kappa shape index (κ1) is 16.4. The Bertz CT molecular complexity index is 458. The average molecular weight is 271 g/mol. The molecular weight excluding hydrogens is 258 g/mol. The van der Waals surface area contributed by atoms with Crippen molar-refractivity contribution >= 4 is 11.9 Å². The molecule has 0 aliphatic carbocycles. The summed E-state index contributed by atoms with van der Waals surface area (Å²) in [5.41, 5.74) is -0.0160. The normalized spacial score (nSPS) is 8.74. The lowest BCUT2D eigenvalue weighted by Crippen LogP contribution is -2.06. The average Bonchev–Trinajstić information content (AvgIpc) is 2.29. The van der Waals surface area contributed by atoms with Crippen molar-refractivity contribution in [2.24, 2.45) is 0 Å². The van der Waals surface area contributed by atoms with Gasteiger partial charge in [0.25, 0.3) is 5.09 Å². The molecule has 0 radical (unpaired) electrons. The van der Waals surface area contributed by atoms with E-state index in [9.17, 15) is 19.7 Å². The summed E-state index contributed by atoms with van der Waals surface area (Å²) >= 11 is 0. The van der Waals surface area contributed by atoms with E-state index in [0.29, 0.717) is 0 Å². The highest BCUT2D eigenvalue weighted by Gasteiger charge is 2.10. The van der Waals surface area contributed by atoms with Crippen molar-refractivity contribution in [2.75, 3.05) is 6.61 Å². The number of hydrogen-bond acceptors (Lipinski definition) is 6. The maximum Gasteiger partial charge on any atom is 0.339 e. The molecule has 104 valence electrons. The summed E-state index contributed by atoms with van der Waals surface area (Å²) in [5, 5.41) is 17.1. The minimum Gasteiger partial charge on any atom is -0.478 e. The Morgan fingerprint density at radius 1 is 1.37 bits per heavy atom. The molecule has 0 fully saturated rings. The van der Waals surface area contributed by atoms with E-state index in [-0.39, 0.29) is 17.9 Å². The van der Waals surface area contributed by atoms with E-state index in [2.05, 4.69) is 9.57 Å². The van der Waals surface area contributed by atoms with Crippen LogP contribution in [0.1, 0.15) is 24.2 Å². The molecule has 0 unspecified atom stereocenters. The molecule has 8 nitrogen and oxygen atoms in total. The highest BCUT2D eigenvalue weighted by Crippen LogP contribution is 2.17. The van der Waals surface area contributed by atoms with Crippen LogP contribution in [0.4, 0.5) is 0 Å². The zero-order valence-electron chi connectivity index (χ0n) is 10.4. The predicted octanol–water partition coefficient (Wildman–Crippen LogP) is 1.52. The number of carboxylic acids is 1. The third-order valence-electron chi connectivity index (χ3n) is 1.61. The first-order valence-electron chi connectivity index (χ1n) is 5.16. The molecule has 0 aliphatic heterocycles. The first-order valence-corrected chi connectivity index (χ1v) is 5.16. The summed E-state index contributed by atoms with van der Waals surface area (Å²) in [7, 11) is 0. The molecule has 1 aromatic rings. The number of aromatic carboxylic acids is 1. The number of rotatable bonds is 4. The van der Waals surface area contributed by atoms with E-state index in [0.717, 1.165) is 0 Å². The quantitative estimate of drug-likeness (QED) is 0.382. The number of carbonyl (C=O) groups is 2. The van der Waals surface area contributed by atoms with Gasteiger partial charge in [0.2, 0.25) is 0 Å². The van der Waals surface area contributed by atoms with Crippen LogP contribution >= 0.6 is 0 Å². The maximum absolute atomic E-state index is 10.6. The SMILES string of the molecule is CC(=O)Oc1ccccc1C(=O)O.CCO[N+](=O)[O-]. The summed E-state index contributed by atoms with van der Waals surface area (Å²) in [6.07, 6.45) is 0. The molecular formula is C11H13NO7. The lowest BCUT2D eigenvalue weighted by molar-refractivity contribution is -0.756. The number of esters is 1. The fourth-order valence-corrected chi connectivity index (χ4v) is 0.993. The van der Waals surface area contributed by atoms with Crippen LogP contribution in [0.2, 0.25) is 0 Å². The van der Waals surface area contributed by atoms with Gasteiger partial charge in [-0.3, -0.25) is 4.79 Å². The number of ether oxygens (including phenoxy) is 1. The summed E-state index contributed by atoms with van der Waals surface area (Å²) in [4.78, 5) is 34.1. The first-order chi connectivity index (χ1) is 8.88. The largest absolute Gasteiger partial charge is 0.478 e. The Labute approximate surface area is 108 Å². The Morgan fingerprint density at radius 2 is 1.95 bits per heavy atom. The molecule has 1 aromatic carbocycles. The van der Waals surface area contributed by atoms with Gasteiger partial charge in [-0.1, -0.05) is 12.1 Å². The molecule has 0 aromatic heterocycles. The second-order valence-corrected chi connectivity index (χ2v) is 3.04. The zero-order chi connectivity index (χ0) is 14.8. The molecule has 0 heterocycles. The summed E-state index contributed by atoms with van der Waals surface area (Å²) < 4.78 is 4.69. The Morgan fingerprint density at radius 3 is 2.32 bits per heavy atom. The van der Waals surface area contributed by atoms with Crippen molar-refractivity contribution in [3.05, 3.63) is 39.9 Å². The van der Waals surface area contributed by atoms with E-state index >= 15 is 0 Å². The smallest absolute Gasteiger partial charge is 0.339 e. The van der Waals surface area contributed by atoms with Gasteiger partial charge in [-0.2, -0.15) is 0 Å². The summed E-state index contributed by atoms with van der Waals surface area (Å²) in [6.45, 7) is 2.91. The maximum atomic E-state index is 10.6. The van der Waals surface area contributed by atoms with E-state index < -0.39 is 17.0 Å². The van der Waals surface area contributed by atoms with Crippen LogP contribution in [0.15, 0.2) is 24.3 Å². The van der Waals surface area contributed by atoms with Crippen molar-refractivity contribution < 1.29 is 29.4 Å². The molecule has 1 N–H and O–H groups in total. The molecule has 0 saturated carbocycles. The monoisotopic (exact) mass is 271 g/mol. The lowest BCUT2D eigenvalue weighted by atomic mass is 10.2. The predicted molar refractivity (Wildman–Crippen MR) is 63.3 cm³/mol. The van der Waals surface area contributed by atoms with Crippen molar-refractivity contribution in [1.29, 1.82) is 0 Å². The van der Waals surface area contributed by atoms with E-state index in [1.807, 2.05) is 0 Å². The number of para-hydroxylation sites is 1. The topological polar surface area (TPSA) is 116 Å². The highest BCUT2D eigenvalue weighted by atomic mass is 16.9. The van der Waals surface area contributed by atoms with E-state index in [4.69, 9.17) is 5.11 Å². The number of carboxylic acid groups (broad SMARTS) is 1. The van der Waals surface area contributed by atoms with Gasteiger partial charge in [-0.25, -0.2) is 4.79 Å². The Hall–Kier alpha value is -2.64. The Balaban J connectivity index is 0.000000459. The van der Waals surface area contributed by atoms with Gasteiger partial charge >= 0.3 is 11.9 Å². The molecule has 0 bridgehead atoms. The Kier molecular flexibility index (Phi) is 7.28. The van der Waals surface area contributed by atoms with Crippen LogP contribution in [0.5, 0.6) is 5.75 Å². The van der Waals surface area contributed by atoms with Crippen molar-refractivity contribution in [2.45, 2.75) is 13.8 Å². The van der Waals surface area contributed by atoms with Crippen LogP contribution < -0.4 is 4.74 Å². The van der Waals surface area contributed by atoms with Gasteiger partial charge in [-0.05, 0) is 19.1 Å².